The van der Waals surface area contributed by atoms with Gasteiger partial charge in [0.25, 0.3) is 0 Å². The van der Waals surface area contributed by atoms with Crippen LogP contribution in [0.3, 0.4) is 0 Å². The minimum atomic E-state index is -1.24. The van der Waals surface area contributed by atoms with Crippen LogP contribution < -0.4 is 29.2 Å². The van der Waals surface area contributed by atoms with E-state index in [0.29, 0.717) is 46.4 Å². The predicted molar refractivity (Wildman–Crippen MR) is 225 cm³/mol. The van der Waals surface area contributed by atoms with Gasteiger partial charge in [0.05, 0.1) is 34.0 Å². The number of hydrogen-bond donors (Lipinski definition) is 0. The molecule has 0 aliphatic carbocycles. The first-order valence-electron chi connectivity index (χ1n) is 18.8. The van der Waals surface area contributed by atoms with Crippen molar-refractivity contribution in [2.75, 3.05) is 0 Å². The van der Waals surface area contributed by atoms with Crippen molar-refractivity contribution in [3.63, 3.8) is 0 Å². The zero-order valence-corrected chi connectivity index (χ0v) is 36.7. The molecule has 0 saturated heterocycles. The van der Waals surface area contributed by atoms with Gasteiger partial charge in [-0.25, -0.2) is 19.9 Å². The molecule has 8 aromatic rings. The second-order valence-corrected chi connectivity index (χ2v) is 14.2. The largest absolute Gasteiger partial charge is 2.00 e. The van der Waals surface area contributed by atoms with Crippen molar-refractivity contribution in [3.05, 3.63) is 154 Å². The molecule has 0 radical (unpaired) electrons. The summed E-state index contributed by atoms with van der Waals surface area (Å²) in [5.74, 6) is 2.26. The number of carbonyl (C=O) groups excluding carboxylic acids is 2. The number of pyridine rings is 2. The standard InChI is InChI=1S/2C23H21N3O4.Ca/c2*1-14-9-15(2)22(24-12-14)30-18-7-8-19-20(11-18)26(3)21(25-19)13-29-17-6-4-5-16(10-17)23(27)28;/h2*4-12H,13H2,1-3H3,(H,27,28);/q;;+2/p-2. The van der Waals surface area contributed by atoms with E-state index >= 15 is 0 Å². The Kier molecular flexibility index (Phi) is 13.9. The fourth-order valence-corrected chi connectivity index (χ4v) is 6.39. The Labute approximate surface area is 381 Å². The number of imidazole rings is 2. The van der Waals surface area contributed by atoms with Crippen LogP contribution in [0.1, 0.15) is 54.6 Å². The van der Waals surface area contributed by atoms with Gasteiger partial charge in [0.1, 0.15) is 47.9 Å². The maximum absolute atomic E-state index is 11.0. The third-order valence-corrected chi connectivity index (χ3v) is 9.53. The molecular formula is C46H40CaN6O8. The fourth-order valence-electron chi connectivity index (χ4n) is 6.39. The zero-order valence-electron chi connectivity index (χ0n) is 34.5. The number of rotatable bonds is 12. The summed E-state index contributed by atoms with van der Waals surface area (Å²) in [7, 11) is 3.79. The average molecular weight is 845 g/mol. The van der Waals surface area contributed by atoms with Gasteiger partial charge in [-0.1, -0.05) is 24.3 Å². The van der Waals surface area contributed by atoms with Crippen LogP contribution in [-0.2, 0) is 27.3 Å². The van der Waals surface area contributed by atoms with Gasteiger partial charge in [0.15, 0.2) is 0 Å². The molecule has 61 heavy (non-hydrogen) atoms. The Balaban J connectivity index is 0.000000201. The molecule has 0 N–H and O–H groups in total. The average Bonchev–Trinajstić information content (AvgIpc) is 3.72. The van der Waals surface area contributed by atoms with Crippen molar-refractivity contribution in [2.45, 2.75) is 40.9 Å². The number of fused-ring (bicyclic) bond motifs is 2. The summed E-state index contributed by atoms with van der Waals surface area (Å²) < 4.78 is 27.2. The summed E-state index contributed by atoms with van der Waals surface area (Å²) in [6.07, 6.45) is 3.55. The normalized spacial score (nSPS) is 10.7. The second-order valence-electron chi connectivity index (χ2n) is 14.2. The molecule has 0 atom stereocenters. The van der Waals surface area contributed by atoms with Crippen LogP contribution in [0.25, 0.3) is 22.1 Å². The van der Waals surface area contributed by atoms with E-state index in [2.05, 4.69) is 19.9 Å². The molecular weight excluding hydrogens is 805 g/mol. The van der Waals surface area contributed by atoms with Gasteiger partial charge in [-0.15, -0.1) is 0 Å². The van der Waals surface area contributed by atoms with E-state index in [0.717, 1.165) is 44.3 Å². The van der Waals surface area contributed by atoms with Crippen molar-refractivity contribution in [1.29, 1.82) is 0 Å². The summed E-state index contributed by atoms with van der Waals surface area (Å²) >= 11 is 0. The van der Waals surface area contributed by atoms with Gasteiger partial charge in [-0.2, -0.15) is 0 Å². The van der Waals surface area contributed by atoms with Gasteiger partial charge in [-0.05, 0) is 99.5 Å². The summed E-state index contributed by atoms with van der Waals surface area (Å²) in [6.45, 7) is 8.28. The van der Waals surface area contributed by atoms with E-state index in [9.17, 15) is 19.8 Å². The maximum atomic E-state index is 11.0. The molecule has 0 amide bonds. The number of nitrogens with zero attached hydrogens (tertiary/aromatic N) is 6. The van der Waals surface area contributed by atoms with E-state index in [1.807, 2.05) is 99.5 Å². The first-order valence-corrected chi connectivity index (χ1v) is 18.8. The third-order valence-electron chi connectivity index (χ3n) is 9.53. The third kappa shape index (κ3) is 10.6. The van der Waals surface area contributed by atoms with Crippen LogP contribution in [0, 0.1) is 27.7 Å². The number of aromatic carboxylic acids is 2. The van der Waals surface area contributed by atoms with Crippen molar-refractivity contribution < 1.29 is 38.7 Å². The van der Waals surface area contributed by atoms with Crippen LogP contribution in [0.4, 0.5) is 0 Å². The first-order chi connectivity index (χ1) is 28.8. The monoisotopic (exact) mass is 844 g/mol. The minimum absolute atomic E-state index is 0. The Morgan fingerprint density at radius 1 is 0.557 bits per heavy atom. The Morgan fingerprint density at radius 3 is 1.34 bits per heavy atom. The van der Waals surface area contributed by atoms with Gasteiger partial charge in [0, 0.05) is 60.9 Å². The topological polar surface area (TPSA) is 179 Å². The molecule has 4 heterocycles. The molecule has 0 aliphatic heterocycles. The van der Waals surface area contributed by atoms with Crippen molar-refractivity contribution >= 4 is 71.7 Å². The van der Waals surface area contributed by atoms with Crippen LogP contribution in [0.2, 0.25) is 0 Å². The number of hydrogen-bond acceptors (Lipinski definition) is 12. The predicted octanol–water partition coefficient (Wildman–Crippen LogP) is 6.26. The molecule has 4 aromatic heterocycles. The van der Waals surface area contributed by atoms with Crippen LogP contribution in [0.15, 0.2) is 109 Å². The number of aryl methyl sites for hydroxylation is 6. The van der Waals surface area contributed by atoms with Crippen molar-refractivity contribution in [3.8, 4) is 34.8 Å². The summed E-state index contributed by atoms with van der Waals surface area (Å²) in [4.78, 5) is 39.9. The number of carboxylic acid groups (broad SMARTS) is 2. The molecule has 8 rings (SSSR count). The maximum Gasteiger partial charge on any atom is 2.00 e. The Hall–Kier alpha value is -6.48. The number of aromatic nitrogens is 6. The molecule has 304 valence electrons. The number of carbonyl (C=O) groups is 2. The molecule has 14 nitrogen and oxygen atoms in total. The smallest absolute Gasteiger partial charge is 0.545 e. The number of ether oxygens (including phenoxy) is 4. The molecule has 0 fully saturated rings. The molecule has 4 aromatic carbocycles. The van der Waals surface area contributed by atoms with Gasteiger partial charge in [-0.3, -0.25) is 0 Å². The number of carboxylic acids is 2. The van der Waals surface area contributed by atoms with Gasteiger partial charge >= 0.3 is 37.7 Å². The van der Waals surface area contributed by atoms with Gasteiger partial charge < -0.3 is 47.9 Å². The van der Waals surface area contributed by atoms with Crippen LogP contribution in [0.5, 0.6) is 34.8 Å². The summed E-state index contributed by atoms with van der Waals surface area (Å²) in [5, 5.41) is 22.0. The SMILES string of the molecule is Cc1cnc(Oc2ccc3nc(COc4cccc(C(=O)[O-])c4)n(C)c3c2)c(C)c1.Cc1cnc(Oc2ccc3nc(COc4cccc(C(=O)[O-])c4)n(C)c3c2)c(C)c1.[Ca+2]. The number of benzene rings is 4. The molecule has 0 unspecified atom stereocenters. The zero-order chi connectivity index (χ0) is 42.5. The minimum Gasteiger partial charge on any atom is -0.545 e. The summed E-state index contributed by atoms with van der Waals surface area (Å²) in [6, 6.07) is 27.7. The van der Waals surface area contributed by atoms with Gasteiger partial charge in [0.2, 0.25) is 11.8 Å². The van der Waals surface area contributed by atoms with Crippen molar-refractivity contribution in [1.82, 2.24) is 29.1 Å². The van der Waals surface area contributed by atoms with Crippen molar-refractivity contribution in [2.24, 2.45) is 14.1 Å². The van der Waals surface area contributed by atoms with Crippen LogP contribution in [-0.4, -0.2) is 78.7 Å². The molecule has 0 aliphatic rings. The second kappa shape index (κ2) is 19.3. The molecule has 0 bridgehead atoms. The van der Waals surface area contributed by atoms with E-state index in [1.165, 1.54) is 24.3 Å². The summed E-state index contributed by atoms with van der Waals surface area (Å²) in [5.41, 5.74) is 7.62. The van der Waals surface area contributed by atoms with Crippen LogP contribution >= 0.6 is 0 Å². The molecule has 15 heteroatoms. The Morgan fingerprint density at radius 2 is 0.967 bits per heavy atom. The fraction of sp³-hybridized carbons (Fsp3) is 0.174. The quantitative estimate of drug-likeness (QED) is 0.126. The van der Waals surface area contributed by atoms with E-state index < -0.39 is 11.9 Å². The molecule has 0 saturated carbocycles. The van der Waals surface area contributed by atoms with E-state index in [-0.39, 0.29) is 62.1 Å². The molecule has 0 spiro atoms. The van der Waals surface area contributed by atoms with E-state index in [1.54, 1.807) is 36.7 Å². The first kappa shape index (κ1) is 44.1. The van der Waals surface area contributed by atoms with E-state index in [4.69, 9.17) is 18.9 Å². The Bertz CT molecular complexity index is 2700.